The van der Waals surface area contributed by atoms with Crippen molar-refractivity contribution in [2.24, 2.45) is 0 Å². The lowest BCUT2D eigenvalue weighted by Crippen LogP contribution is -2.54. The first kappa shape index (κ1) is 39.8. The number of fused-ring (bicyclic) bond motifs is 2. The van der Waals surface area contributed by atoms with Crippen LogP contribution >= 0.6 is 0 Å². The van der Waals surface area contributed by atoms with E-state index < -0.39 is 18.0 Å². The Balaban J connectivity index is 1.53. The van der Waals surface area contributed by atoms with Crippen LogP contribution in [0.4, 0.5) is 0 Å². The fourth-order valence-electron chi connectivity index (χ4n) is 9.01. The van der Waals surface area contributed by atoms with Gasteiger partial charge in [-0.15, -0.1) is 0 Å². The van der Waals surface area contributed by atoms with Crippen LogP contribution in [-0.4, -0.2) is 99.3 Å². The maximum absolute atomic E-state index is 12.6. The molecule has 8 rings (SSSR count). The number of likely N-dealkylation sites (N-methyl/N-ethyl adjacent to an activating group) is 2. The minimum absolute atomic E-state index is 0.0514. The second kappa shape index (κ2) is 16.2. The van der Waals surface area contributed by atoms with Crippen molar-refractivity contribution in [1.82, 2.24) is 0 Å². The van der Waals surface area contributed by atoms with E-state index in [-0.39, 0.29) is 23.6 Å². The molecular weight excluding hydrogens is 728 g/mol. The summed E-state index contributed by atoms with van der Waals surface area (Å²) in [6.45, 7) is 3.55. The molecule has 0 spiro atoms. The standard InChI is InChI=1S/C45H52N2O10/c1-7-8-19-55-44-40(54-6)24-31-16-18-47(3,27-42(50)51)35-21-29-11-14-36(52-4)38(22-29)56-32-12-9-28(10-13-32)20-34-33-25-39(57-45(44)43(31)35)37(53-5)23-30(33)15-17-46(34,2)26-41(48)49/h9-14,22-25,34-35H,7-8,15-21,26-27H2,1-6H3/p+2. The number of ether oxygens (including phenoxy) is 6. The topological polar surface area (TPSA) is 130 Å². The Morgan fingerprint density at radius 1 is 0.719 bits per heavy atom. The number of carboxylic acids is 2. The summed E-state index contributed by atoms with van der Waals surface area (Å²) in [6, 6.07) is 19.1. The van der Waals surface area contributed by atoms with Crippen LogP contribution < -0.4 is 28.4 Å². The number of benzene rings is 4. The molecule has 4 unspecified atom stereocenters. The average molecular weight is 783 g/mol. The molecule has 6 bridgehead atoms. The Bertz CT molecular complexity index is 2150. The normalized spacial score (nSPS) is 22.1. The van der Waals surface area contributed by atoms with E-state index in [1.54, 1.807) is 21.3 Å². The highest BCUT2D eigenvalue weighted by atomic mass is 16.6. The minimum Gasteiger partial charge on any atom is -0.493 e. The number of hydrogen-bond acceptors (Lipinski definition) is 8. The van der Waals surface area contributed by atoms with Gasteiger partial charge in [0.15, 0.2) is 47.6 Å². The van der Waals surface area contributed by atoms with Crippen molar-refractivity contribution >= 4 is 11.9 Å². The molecule has 0 saturated heterocycles. The molecular formula is C45H54N2O10+2. The molecule has 12 nitrogen and oxygen atoms in total. The van der Waals surface area contributed by atoms with Crippen molar-refractivity contribution in [3.8, 4) is 46.0 Å². The van der Waals surface area contributed by atoms with Crippen LogP contribution in [0.2, 0.25) is 0 Å². The molecule has 302 valence electrons. The average Bonchev–Trinajstić information content (AvgIpc) is 3.17. The molecule has 4 aromatic carbocycles. The number of nitrogens with zero attached hydrogens (tertiary/aromatic N) is 2. The zero-order chi connectivity index (χ0) is 40.5. The van der Waals surface area contributed by atoms with Gasteiger partial charge >= 0.3 is 11.9 Å². The molecule has 4 aliphatic rings. The smallest absolute Gasteiger partial charge is 0.359 e. The van der Waals surface area contributed by atoms with E-state index in [0.29, 0.717) is 95.9 Å². The molecule has 4 heterocycles. The van der Waals surface area contributed by atoms with E-state index >= 15 is 0 Å². The zero-order valence-corrected chi connectivity index (χ0v) is 33.8. The van der Waals surface area contributed by atoms with Gasteiger partial charge in [-0.3, -0.25) is 0 Å². The molecule has 57 heavy (non-hydrogen) atoms. The van der Waals surface area contributed by atoms with E-state index in [1.807, 2.05) is 74.8 Å². The van der Waals surface area contributed by atoms with Gasteiger partial charge in [-0.25, -0.2) is 9.59 Å². The summed E-state index contributed by atoms with van der Waals surface area (Å²) in [6.07, 6.45) is 3.97. The van der Waals surface area contributed by atoms with Crippen LogP contribution in [0.1, 0.15) is 65.2 Å². The summed E-state index contributed by atoms with van der Waals surface area (Å²) in [7, 11) is 8.84. The summed E-state index contributed by atoms with van der Waals surface area (Å²) >= 11 is 0. The number of hydrogen-bond donors (Lipinski definition) is 2. The lowest BCUT2D eigenvalue weighted by molar-refractivity contribution is -0.934. The highest BCUT2D eigenvalue weighted by molar-refractivity contribution is 5.69. The first-order valence-corrected chi connectivity index (χ1v) is 19.7. The van der Waals surface area contributed by atoms with E-state index in [4.69, 9.17) is 28.4 Å². The van der Waals surface area contributed by atoms with Crippen molar-refractivity contribution in [2.45, 2.75) is 57.5 Å². The molecule has 4 aromatic rings. The largest absolute Gasteiger partial charge is 0.493 e. The second-order valence-corrected chi connectivity index (χ2v) is 16.0. The zero-order valence-electron chi connectivity index (χ0n) is 33.8. The van der Waals surface area contributed by atoms with Crippen LogP contribution in [0.25, 0.3) is 0 Å². The summed E-state index contributed by atoms with van der Waals surface area (Å²) in [5.74, 6) is 2.36. The highest BCUT2D eigenvalue weighted by Crippen LogP contribution is 2.54. The van der Waals surface area contributed by atoms with Gasteiger partial charge in [0.05, 0.1) is 60.7 Å². The molecule has 0 fully saturated rings. The van der Waals surface area contributed by atoms with Crippen LogP contribution in [0, 0.1) is 0 Å². The third kappa shape index (κ3) is 7.93. The Labute approximate surface area is 334 Å². The molecule has 0 aromatic heterocycles. The van der Waals surface area contributed by atoms with Crippen LogP contribution in [0.15, 0.2) is 60.7 Å². The minimum atomic E-state index is -0.900. The molecule has 0 saturated carbocycles. The molecule has 4 aliphatic heterocycles. The number of quaternary nitrogens is 2. The molecule has 2 N–H and O–H groups in total. The van der Waals surface area contributed by atoms with Gasteiger partial charge in [-0.05, 0) is 71.1 Å². The van der Waals surface area contributed by atoms with Gasteiger partial charge in [0.1, 0.15) is 17.8 Å². The third-order valence-corrected chi connectivity index (χ3v) is 12.1. The highest BCUT2D eigenvalue weighted by Gasteiger charge is 2.46. The van der Waals surface area contributed by atoms with Gasteiger partial charge in [0, 0.05) is 31.2 Å². The SMILES string of the molecule is CCCCOc1c(OC)cc2c3c1Oc1cc4c(cc1OC)CC[N+](C)(CC(=O)O)C4Cc1ccc(cc1)Oc1cc(ccc1OC)CC3[N+](C)(CC(=O)O)CC2. The number of rotatable bonds is 11. The third-order valence-electron chi connectivity index (χ3n) is 12.1. The summed E-state index contributed by atoms with van der Waals surface area (Å²) in [4.78, 5) is 25.0. The molecule has 0 amide bonds. The first-order chi connectivity index (χ1) is 27.4. The number of methoxy groups -OCH3 is 3. The fraction of sp³-hybridized carbons (Fsp3) is 0.422. The predicted octanol–water partition coefficient (Wildman–Crippen LogP) is 7.53. The lowest BCUT2D eigenvalue weighted by Gasteiger charge is -2.45. The van der Waals surface area contributed by atoms with Gasteiger partial charge in [-0.2, -0.15) is 0 Å². The van der Waals surface area contributed by atoms with E-state index in [0.717, 1.165) is 46.2 Å². The van der Waals surface area contributed by atoms with Crippen LogP contribution in [-0.2, 0) is 35.3 Å². The Hall–Kier alpha value is -5.46. The van der Waals surface area contributed by atoms with Gasteiger partial charge in [0.25, 0.3) is 0 Å². The Morgan fingerprint density at radius 3 is 1.96 bits per heavy atom. The van der Waals surface area contributed by atoms with Crippen LogP contribution in [0.5, 0.6) is 46.0 Å². The summed E-state index contributed by atoms with van der Waals surface area (Å²) in [5.41, 5.74) is 5.83. The van der Waals surface area contributed by atoms with Crippen molar-refractivity contribution in [3.05, 3.63) is 94.0 Å². The van der Waals surface area contributed by atoms with E-state index in [1.165, 1.54) is 0 Å². The predicted molar refractivity (Wildman–Crippen MR) is 213 cm³/mol. The maximum atomic E-state index is 12.6. The number of carboxylic acid groups (broad SMARTS) is 2. The van der Waals surface area contributed by atoms with Crippen molar-refractivity contribution in [1.29, 1.82) is 0 Å². The maximum Gasteiger partial charge on any atom is 0.359 e. The molecule has 0 radical (unpaired) electrons. The molecule has 4 atom stereocenters. The van der Waals surface area contributed by atoms with Crippen molar-refractivity contribution < 1.29 is 57.2 Å². The van der Waals surface area contributed by atoms with Gasteiger partial charge in [0.2, 0.25) is 5.75 Å². The summed E-state index contributed by atoms with van der Waals surface area (Å²) in [5, 5.41) is 20.5. The number of carbonyl (C=O) groups is 2. The molecule has 0 aliphatic carbocycles. The van der Waals surface area contributed by atoms with Gasteiger partial charge < -0.3 is 47.6 Å². The number of unbranched alkanes of at least 4 members (excludes halogenated alkanes) is 1. The Kier molecular flexibility index (Phi) is 11.3. The van der Waals surface area contributed by atoms with E-state index in [9.17, 15) is 19.8 Å². The number of aliphatic carboxylic acids is 2. The van der Waals surface area contributed by atoms with E-state index in [2.05, 4.69) is 6.92 Å². The van der Waals surface area contributed by atoms with Crippen molar-refractivity contribution in [3.63, 3.8) is 0 Å². The van der Waals surface area contributed by atoms with Gasteiger partial charge in [-0.1, -0.05) is 31.5 Å². The van der Waals surface area contributed by atoms with Crippen molar-refractivity contribution in [2.75, 3.05) is 68.2 Å². The second-order valence-electron chi connectivity index (χ2n) is 16.0. The monoisotopic (exact) mass is 782 g/mol. The lowest BCUT2D eigenvalue weighted by atomic mass is 9.85. The molecule has 12 heteroatoms. The first-order valence-electron chi connectivity index (χ1n) is 19.7. The summed E-state index contributed by atoms with van der Waals surface area (Å²) < 4.78 is 38.6. The Morgan fingerprint density at radius 2 is 1.32 bits per heavy atom. The van der Waals surface area contributed by atoms with Crippen LogP contribution in [0.3, 0.4) is 0 Å². The quantitative estimate of drug-likeness (QED) is 0.116. The fourth-order valence-corrected chi connectivity index (χ4v) is 9.01.